The second kappa shape index (κ2) is 5.81. The van der Waals surface area contributed by atoms with E-state index in [1.54, 1.807) is 24.3 Å². The van der Waals surface area contributed by atoms with Crippen LogP contribution in [0.5, 0.6) is 0 Å². The van der Waals surface area contributed by atoms with E-state index in [2.05, 4.69) is 13.8 Å². The summed E-state index contributed by atoms with van der Waals surface area (Å²) in [5, 5.41) is 0.135. The molecule has 1 rings (SSSR count). The molecule has 0 aromatic heterocycles. The maximum atomic E-state index is 11.7. The third-order valence-electron chi connectivity index (χ3n) is 2.07. The molecule has 0 saturated heterocycles. The number of carbonyl (C=O) groups is 1. The van der Waals surface area contributed by atoms with Gasteiger partial charge in [-0.1, -0.05) is 25.6 Å². The monoisotopic (exact) mass is 223 g/mol. The topological polar surface area (TPSA) is 43.1 Å². The number of anilines is 1. The SMILES string of the molecule is CC(C)CCSC(=O)c1ccc(N)cc1. The van der Waals surface area contributed by atoms with E-state index in [-0.39, 0.29) is 5.12 Å². The van der Waals surface area contributed by atoms with Crippen molar-refractivity contribution in [2.24, 2.45) is 5.92 Å². The maximum absolute atomic E-state index is 11.7. The molecule has 15 heavy (non-hydrogen) atoms. The summed E-state index contributed by atoms with van der Waals surface area (Å²) in [4.78, 5) is 11.7. The summed E-state index contributed by atoms with van der Waals surface area (Å²) in [6.07, 6.45) is 1.07. The summed E-state index contributed by atoms with van der Waals surface area (Å²) >= 11 is 1.38. The van der Waals surface area contributed by atoms with E-state index < -0.39 is 0 Å². The highest BCUT2D eigenvalue weighted by molar-refractivity contribution is 8.14. The number of hydrogen-bond donors (Lipinski definition) is 1. The molecule has 0 amide bonds. The van der Waals surface area contributed by atoms with Crippen LogP contribution in [-0.4, -0.2) is 10.9 Å². The zero-order valence-corrected chi connectivity index (χ0v) is 10.0. The minimum absolute atomic E-state index is 0.135. The molecule has 0 bridgehead atoms. The van der Waals surface area contributed by atoms with Crippen molar-refractivity contribution < 1.29 is 4.79 Å². The number of nitrogen functional groups attached to an aromatic ring is 1. The smallest absolute Gasteiger partial charge is 0.219 e. The molecular weight excluding hydrogens is 206 g/mol. The lowest BCUT2D eigenvalue weighted by atomic mass is 10.2. The third-order valence-corrected chi connectivity index (χ3v) is 3.01. The fraction of sp³-hybridized carbons (Fsp3) is 0.417. The summed E-state index contributed by atoms with van der Waals surface area (Å²) in [5.41, 5.74) is 6.98. The van der Waals surface area contributed by atoms with Crippen molar-refractivity contribution in [1.82, 2.24) is 0 Å². The molecule has 2 N–H and O–H groups in total. The van der Waals surface area contributed by atoms with Crippen molar-refractivity contribution in [3.63, 3.8) is 0 Å². The number of hydrogen-bond acceptors (Lipinski definition) is 3. The molecule has 0 aliphatic carbocycles. The van der Waals surface area contributed by atoms with Gasteiger partial charge in [0.2, 0.25) is 5.12 Å². The van der Waals surface area contributed by atoms with Crippen LogP contribution in [0, 0.1) is 5.92 Å². The summed E-state index contributed by atoms with van der Waals surface area (Å²) in [6.45, 7) is 4.32. The van der Waals surface area contributed by atoms with Crippen LogP contribution in [-0.2, 0) is 0 Å². The van der Waals surface area contributed by atoms with E-state index in [9.17, 15) is 4.79 Å². The van der Waals surface area contributed by atoms with Gasteiger partial charge in [0.1, 0.15) is 0 Å². The van der Waals surface area contributed by atoms with Crippen LogP contribution in [0.2, 0.25) is 0 Å². The number of carbonyl (C=O) groups excluding carboxylic acids is 1. The van der Waals surface area contributed by atoms with Gasteiger partial charge >= 0.3 is 0 Å². The standard InChI is InChI=1S/C12H17NOS/c1-9(2)7-8-15-12(14)10-3-5-11(13)6-4-10/h3-6,9H,7-8,13H2,1-2H3. The van der Waals surface area contributed by atoms with Crippen molar-refractivity contribution in [3.05, 3.63) is 29.8 Å². The summed E-state index contributed by atoms with van der Waals surface area (Å²) in [7, 11) is 0. The second-order valence-corrected chi connectivity index (χ2v) is 5.01. The van der Waals surface area contributed by atoms with Gasteiger partial charge in [-0.3, -0.25) is 4.79 Å². The minimum atomic E-state index is 0.135. The van der Waals surface area contributed by atoms with Gasteiger partial charge in [-0.15, -0.1) is 0 Å². The van der Waals surface area contributed by atoms with Crippen molar-refractivity contribution in [3.8, 4) is 0 Å². The summed E-state index contributed by atoms with van der Waals surface area (Å²) in [6, 6.07) is 7.08. The van der Waals surface area contributed by atoms with Crippen LogP contribution in [0.3, 0.4) is 0 Å². The Balaban J connectivity index is 2.43. The predicted octanol–water partition coefficient (Wildman–Crippen LogP) is 3.19. The van der Waals surface area contributed by atoms with Crippen molar-refractivity contribution in [2.45, 2.75) is 20.3 Å². The van der Waals surface area contributed by atoms with Gasteiger partial charge in [0, 0.05) is 17.0 Å². The van der Waals surface area contributed by atoms with E-state index in [4.69, 9.17) is 5.73 Å². The molecule has 0 spiro atoms. The predicted molar refractivity (Wildman–Crippen MR) is 67.1 cm³/mol. The van der Waals surface area contributed by atoms with Gasteiger partial charge in [0.25, 0.3) is 0 Å². The number of rotatable bonds is 4. The first-order valence-corrected chi connectivity index (χ1v) is 6.11. The molecule has 0 atom stereocenters. The van der Waals surface area contributed by atoms with Crippen LogP contribution in [0.1, 0.15) is 30.6 Å². The lowest BCUT2D eigenvalue weighted by Crippen LogP contribution is -1.97. The number of nitrogens with two attached hydrogens (primary N) is 1. The minimum Gasteiger partial charge on any atom is -0.399 e. The maximum Gasteiger partial charge on any atom is 0.219 e. The summed E-state index contributed by atoms with van der Waals surface area (Å²) in [5.74, 6) is 1.54. The van der Waals surface area contributed by atoms with Gasteiger partial charge in [-0.05, 0) is 36.6 Å². The highest BCUT2D eigenvalue weighted by Crippen LogP contribution is 2.16. The first kappa shape index (κ1) is 12.1. The fourth-order valence-electron chi connectivity index (χ4n) is 1.09. The van der Waals surface area contributed by atoms with Gasteiger partial charge in [-0.2, -0.15) is 0 Å². The Kier molecular flexibility index (Phi) is 4.69. The fourth-order valence-corrected chi connectivity index (χ4v) is 2.17. The molecule has 1 aromatic carbocycles. The van der Waals surface area contributed by atoms with E-state index in [1.165, 1.54) is 11.8 Å². The Morgan fingerprint density at radius 2 is 1.93 bits per heavy atom. The zero-order chi connectivity index (χ0) is 11.3. The largest absolute Gasteiger partial charge is 0.399 e. The van der Waals surface area contributed by atoms with Crippen LogP contribution < -0.4 is 5.73 Å². The number of benzene rings is 1. The quantitative estimate of drug-likeness (QED) is 0.797. The van der Waals surface area contributed by atoms with Gasteiger partial charge in [0.15, 0.2) is 0 Å². The molecule has 0 unspecified atom stereocenters. The Hall–Kier alpha value is -0.960. The highest BCUT2D eigenvalue weighted by atomic mass is 32.2. The van der Waals surface area contributed by atoms with Gasteiger partial charge < -0.3 is 5.73 Å². The summed E-state index contributed by atoms with van der Waals surface area (Å²) < 4.78 is 0. The molecular formula is C12H17NOS. The molecule has 82 valence electrons. The van der Waals surface area contributed by atoms with Crippen LogP contribution in [0.4, 0.5) is 5.69 Å². The first-order chi connectivity index (χ1) is 7.09. The zero-order valence-electron chi connectivity index (χ0n) is 9.19. The van der Waals surface area contributed by atoms with Crippen LogP contribution in [0.15, 0.2) is 24.3 Å². The lowest BCUT2D eigenvalue weighted by molar-refractivity contribution is 0.108. The van der Waals surface area contributed by atoms with E-state index in [0.717, 1.165) is 17.7 Å². The van der Waals surface area contributed by atoms with Gasteiger partial charge in [0.05, 0.1) is 0 Å². The van der Waals surface area contributed by atoms with Crippen LogP contribution >= 0.6 is 11.8 Å². The highest BCUT2D eigenvalue weighted by Gasteiger charge is 2.06. The normalized spacial score (nSPS) is 10.6. The van der Waals surface area contributed by atoms with Crippen molar-refractivity contribution >= 4 is 22.6 Å². The van der Waals surface area contributed by atoms with Crippen molar-refractivity contribution in [2.75, 3.05) is 11.5 Å². The second-order valence-electron chi connectivity index (χ2n) is 3.94. The van der Waals surface area contributed by atoms with E-state index in [0.29, 0.717) is 11.6 Å². The van der Waals surface area contributed by atoms with E-state index in [1.807, 2.05) is 0 Å². The third kappa shape index (κ3) is 4.38. The average Bonchev–Trinajstić information content (AvgIpc) is 2.18. The molecule has 3 heteroatoms. The Morgan fingerprint density at radius 1 is 1.33 bits per heavy atom. The lowest BCUT2D eigenvalue weighted by Gasteiger charge is -2.03. The Labute approximate surface area is 95.2 Å². The average molecular weight is 223 g/mol. The first-order valence-electron chi connectivity index (χ1n) is 5.12. The molecule has 1 aromatic rings. The number of thioether (sulfide) groups is 1. The molecule has 0 heterocycles. The molecule has 0 aliphatic rings. The Morgan fingerprint density at radius 3 is 2.47 bits per heavy atom. The molecule has 0 saturated carbocycles. The molecule has 0 aliphatic heterocycles. The van der Waals surface area contributed by atoms with E-state index >= 15 is 0 Å². The van der Waals surface area contributed by atoms with Crippen molar-refractivity contribution in [1.29, 1.82) is 0 Å². The van der Waals surface area contributed by atoms with Crippen LogP contribution in [0.25, 0.3) is 0 Å². The van der Waals surface area contributed by atoms with Gasteiger partial charge in [-0.25, -0.2) is 0 Å². The molecule has 0 fully saturated rings. The Bertz CT molecular complexity index is 319. The molecule has 2 nitrogen and oxygen atoms in total. The molecule has 0 radical (unpaired) electrons.